The van der Waals surface area contributed by atoms with Gasteiger partial charge in [-0.2, -0.15) is 10.2 Å². The maximum absolute atomic E-state index is 9.23. The Balaban J connectivity index is 1.50. The summed E-state index contributed by atoms with van der Waals surface area (Å²) in [5, 5.41) is 14.3. The summed E-state index contributed by atoms with van der Waals surface area (Å²) in [7, 11) is 0. The van der Waals surface area contributed by atoms with Gasteiger partial charge in [-0.25, -0.2) is 9.50 Å². The largest absolute Gasteiger partial charge is 0.253 e. The monoisotopic (exact) mass is 343 g/mol. The van der Waals surface area contributed by atoms with Gasteiger partial charge in [-0.3, -0.25) is 0 Å². The first-order valence-electron chi connectivity index (χ1n) is 7.72. The normalized spacial score (nSPS) is 10.7. The second-order valence-electron chi connectivity index (χ2n) is 5.40. The minimum Gasteiger partial charge on any atom is -0.220 e. The molecule has 0 aliphatic heterocycles. The van der Waals surface area contributed by atoms with E-state index in [4.69, 9.17) is 0 Å². The van der Waals surface area contributed by atoms with Crippen molar-refractivity contribution in [3.8, 4) is 17.2 Å². The van der Waals surface area contributed by atoms with Crippen molar-refractivity contribution in [1.29, 1.82) is 5.26 Å². The van der Waals surface area contributed by atoms with Crippen LogP contribution in [0.25, 0.3) is 16.9 Å². The van der Waals surface area contributed by atoms with Crippen LogP contribution in [0.4, 0.5) is 0 Å². The fourth-order valence-electron chi connectivity index (χ4n) is 2.54. The van der Waals surface area contributed by atoms with Crippen LogP contribution >= 0.6 is 11.8 Å². The van der Waals surface area contributed by atoms with Gasteiger partial charge >= 0.3 is 0 Å². The van der Waals surface area contributed by atoms with Crippen LogP contribution in [-0.4, -0.2) is 19.6 Å². The summed E-state index contributed by atoms with van der Waals surface area (Å²) in [5.74, 6) is 1.38. The van der Waals surface area contributed by atoms with E-state index in [2.05, 4.69) is 33.3 Å². The molecule has 0 radical (unpaired) electrons. The SMILES string of the molecule is N#Cc1ccccc1-c1ccc(CSc2nc3ncccn3n2)cc1. The quantitative estimate of drug-likeness (QED) is 0.525. The summed E-state index contributed by atoms with van der Waals surface area (Å²) in [6, 6.07) is 19.9. The van der Waals surface area contributed by atoms with Crippen molar-refractivity contribution in [2.45, 2.75) is 10.9 Å². The number of rotatable bonds is 4. The molecule has 0 aliphatic rings. The maximum Gasteiger partial charge on any atom is 0.253 e. The molecular weight excluding hydrogens is 330 g/mol. The maximum atomic E-state index is 9.23. The molecule has 0 amide bonds. The second kappa shape index (κ2) is 6.75. The van der Waals surface area contributed by atoms with Crippen LogP contribution in [0.3, 0.4) is 0 Å². The summed E-state index contributed by atoms with van der Waals surface area (Å²) >= 11 is 1.57. The van der Waals surface area contributed by atoms with Gasteiger partial charge < -0.3 is 0 Å². The zero-order chi connectivity index (χ0) is 17.1. The van der Waals surface area contributed by atoms with Crippen LogP contribution in [0.15, 0.2) is 72.1 Å². The summed E-state index contributed by atoms with van der Waals surface area (Å²) < 4.78 is 1.67. The molecule has 0 saturated carbocycles. The molecule has 2 aromatic heterocycles. The lowest BCUT2D eigenvalue weighted by Gasteiger charge is -2.05. The van der Waals surface area contributed by atoms with Gasteiger partial charge in [0.2, 0.25) is 5.16 Å². The van der Waals surface area contributed by atoms with E-state index >= 15 is 0 Å². The molecule has 0 unspecified atom stereocenters. The molecule has 0 N–H and O–H groups in total. The van der Waals surface area contributed by atoms with E-state index in [9.17, 15) is 5.26 Å². The second-order valence-corrected chi connectivity index (χ2v) is 6.34. The average molecular weight is 343 g/mol. The molecule has 6 heteroatoms. The number of nitriles is 1. The van der Waals surface area contributed by atoms with Crippen LogP contribution in [0.2, 0.25) is 0 Å². The molecule has 5 nitrogen and oxygen atoms in total. The van der Waals surface area contributed by atoms with Gasteiger partial charge in [0.25, 0.3) is 5.78 Å². The Bertz CT molecular complexity index is 1030. The lowest BCUT2D eigenvalue weighted by atomic mass is 10.00. The first-order valence-corrected chi connectivity index (χ1v) is 8.71. The first-order chi connectivity index (χ1) is 12.3. The lowest BCUT2D eigenvalue weighted by Crippen LogP contribution is -1.87. The Labute approximate surface area is 149 Å². The van der Waals surface area contributed by atoms with E-state index in [1.165, 1.54) is 5.56 Å². The van der Waals surface area contributed by atoms with Gasteiger partial charge in [-0.1, -0.05) is 54.2 Å². The van der Waals surface area contributed by atoms with Crippen molar-refractivity contribution in [1.82, 2.24) is 19.6 Å². The minimum atomic E-state index is 0.605. The Morgan fingerprint density at radius 3 is 2.68 bits per heavy atom. The van der Waals surface area contributed by atoms with Gasteiger partial charge in [-0.15, -0.1) is 5.10 Å². The molecule has 4 rings (SSSR count). The van der Waals surface area contributed by atoms with Crippen LogP contribution in [0.1, 0.15) is 11.1 Å². The van der Waals surface area contributed by atoms with Crippen molar-refractivity contribution < 1.29 is 0 Å². The molecule has 2 aromatic carbocycles. The Kier molecular flexibility index (Phi) is 4.15. The Hall–Kier alpha value is -3.17. The number of hydrogen-bond donors (Lipinski definition) is 0. The number of aromatic nitrogens is 4. The number of fused-ring (bicyclic) bond motifs is 1. The molecule has 120 valence electrons. The molecule has 4 aromatic rings. The van der Waals surface area contributed by atoms with Crippen LogP contribution < -0.4 is 0 Å². The molecule has 0 atom stereocenters. The average Bonchev–Trinajstić information content (AvgIpc) is 3.10. The number of thioether (sulfide) groups is 1. The van der Waals surface area contributed by atoms with E-state index in [0.717, 1.165) is 16.9 Å². The van der Waals surface area contributed by atoms with Crippen molar-refractivity contribution in [3.63, 3.8) is 0 Å². The summed E-state index contributed by atoms with van der Waals surface area (Å²) in [6.45, 7) is 0. The predicted molar refractivity (Wildman–Crippen MR) is 96.9 cm³/mol. The Morgan fingerprint density at radius 1 is 1.04 bits per heavy atom. The third-order valence-corrected chi connectivity index (χ3v) is 4.69. The van der Waals surface area contributed by atoms with E-state index in [-0.39, 0.29) is 0 Å². The highest BCUT2D eigenvalue weighted by molar-refractivity contribution is 7.98. The van der Waals surface area contributed by atoms with Gasteiger partial charge in [0.15, 0.2) is 0 Å². The smallest absolute Gasteiger partial charge is 0.220 e. The van der Waals surface area contributed by atoms with Crippen LogP contribution in [0.5, 0.6) is 0 Å². The van der Waals surface area contributed by atoms with Gasteiger partial charge in [0.05, 0.1) is 11.6 Å². The van der Waals surface area contributed by atoms with Crippen molar-refractivity contribution in [3.05, 3.63) is 78.1 Å². The molecule has 0 spiro atoms. The minimum absolute atomic E-state index is 0.605. The highest BCUT2D eigenvalue weighted by Crippen LogP contribution is 2.25. The number of hydrogen-bond acceptors (Lipinski definition) is 5. The highest BCUT2D eigenvalue weighted by atomic mass is 32.2. The molecule has 0 saturated heterocycles. The van der Waals surface area contributed by atoms with Crippen molar-refractivity contribution in [2.24, 2.45) is 0 Å². The molecule has 0 fully saturated rings. The summed E-state index contributed by atoms with van der Waals surface area (Å²) in [4.78, 5) is 8.55. The lowest BCUT2D eigenvalue weighted by molar-refractivity contribution is 0.879. The standard InChI is InChI=1S/C19H13N5S/c20-12-16-4-1-2-5-17(16)15-8-6-14(7-9-15)13-25-19-22-18-21-10-3-11-24(18)23-19/h1-11H,13H2. The van der Waals surface area contributed by atoms with Gasteiger partial charge in [0.1, 0.15) is 0 Å². The number of benzene rings is 2. The van der Waals surface area contributed by atoms with E-state index < -0.39 is 0 Å². The topological polar surface area (TPSA) is 66.9 Å². The van der Waals surface area contributed by atoms with E-state index in [1.807, 2.05) is 48.7 Å². The van der Waals surface area contributed by atoms with Crippen molar-refractivity contribution >= 4 is 17.5 Å². The fourth-order valence-corrected chi connectivity index (χ4v) is 3.32. The van der Waals surface area contributed by atoms with Crippen LogP contribution in [-0.2, 0) is 5.75 Å². The first kappa shape index (κ1) is 15.4. The predicted octanol–water partition coefficient (Wildman–Crippen LogP) is 3.96. The molecule has 25 heavy (non-hydrogen) atoms. The van der Waals surface area contributed by atoms with E-state index in [1.54, 1.807) is 22.5 Å². The molecule has 2 heterocycles. The van der Waals surface area contributed by atoms with Crippen molar-refractivity contribution in [2.75, 3.05) is 0 Å². The zero-order valence-electron chi connectivity index (χ0n) is 13.2. The van der Waals surface area contributed by atoms with E-state index in [0.29, 0.717) is 16.5 Å². The van der Waals surface area contributed by atoms with Crippen LogP contribution in [0, 0.1) is 11.3 Å². The molecule has 0 bridgehead atoms. The fraction of sp³-hybridized carbons (Fsp3) is 0.0526. The van der Waals surface area contributed by atoms with Gasteiger partial charge in [-0.05, 0) is 28.8 Å². The molecular formula is C19H13N5S. The summed E-state index contributed by atoms with van der Waals surface area (Å²) in [5.41, 5.74) is 3.86. The zero-order valence-corrected chi connectivity index (χ0v) is 14.0. The highest BCUT2D eigenvalue weighted by Gasteiger charge is 2.07. The third kappa shape index (κ3) is 3.23. The number of nitrogens with zero attached hydrogens (tertiary/aromatic N) is 5. The Morgan fingerprint density at radius 2 is 1.88 bits per heavy atom. The molecule has 0 aliphatic carbocycles. The third-order valence-electron chi connectivity index (χ3n) is 3.78. The van der Waals surface area contributed by atoms with Gasteiger partial charge in [0, 0.05) is 18.1 Å². The summed E-state index contributed by atoms with van der Waals surface area (Å²) in [6.07, 6.45) is 3.54.